The largest absolute Gasteiger partial charge is 0.272 e. The van der Waals surface area contributed by atoms with Crippen molar-refractivity contribution in [2.75, 3.05) is 27.2 Å². The van der Waals surface area contributed by atoms with Crippen LogP contribution in [0, 0.1) is 11.3 Å². The summed E-state index contributed by atoms with van der Waals surface area (Å²) in [5.41, 5.74) is 0.935. The van der Waals surface area contributed by atoms with E-state index in [1.54, 1.807) is 14.1 Å². The van der Waals surface area contributed by atoms with Gasteiger partial charge in [-0.15, -0.1) is 0 Å². The molecule has 1 fully saturated rings. The summed E-state index contributed by atoms with van der Waals surface area (Å²) in [4.78, 5) is 0. The van der Waals surface area contributed by atoms with E-state index in [9.17, 15) is 9.11 Å². The molecule has 0 aliphatic carbocycles. The van der Waals surface area contributed by atoms with Gasteiger partial charge in [0, 0.05) is 33.3 Å². The third-order valence-electron chi connectivity index (χ3n) is 1.86. The molecule has 0 spiro atoms. The summed E-state index contributed by atoms with van der Waals surface area (Å²) in [5, 5.41) is 8.33. The first-order chi connectivity index (χ1) is 5.98. The number of hydrogen-bond acceptors (Lipinski definition) is 5. The molecule has 5 nitrogen and oxygen atoms in total. The van der Waals surface area contributed by atoms with Gasteiger partial charge >= 0.3 is 0 Å². The van der Waals surface area contributed by atoms with Crippen molar-refractivity contribution in [3.63, 3.8) is 0 Å². The van der Waals surface area contributed by atoms with Crippen LogP contribution in [-0.2, 0) is 0 Å². The molecule has 0 bridgehead atoms. The van der Waals surface area contributed by atoms with Gasteiger partial charge < -0.3 is 0 Å². The monoisotopic (exact) mass is 203 g/mol. The van der Waals surface area contributed by atoms with Crippen LogP contribution >= 0.6 is 11.0 Å². The molecule has 1 heterocycles. The molecule has 1 saturated heterocycles. The number of nitrogens with zero attached hydrogens (tertiary/aromatic N) is 3. The molecule has 0 unspecified atom stereocenters. The summed E-state index contributed by atoms with van der Waals surface area (Å²) >= 11 is 0. The van der Waals surface area contributed by atoms with Gasteiger partial charge in [-0.1, -0.05) is 11.0 Å². The Morgan fingerprint density at radius 1 is 1.54 bits per heavy atom. The fourth-order valence-corrected chi connectivity index (χ4v) is 2.13. The molecule has 13 heavy (non-hydrogen) atoms. The Kier molecular flexibility index (Phi) is 2.95. The molecule has 74 valence electrons. The Hall–Kier alpha value is -0.580. The third-order valence-corrected chi connectivity index (χ3v) is 3.79. The van der Waals surface area contributed by atoms with Crippen LogP contribution in [0.3, 0.4) is 0 Å². The fourth-order valence-electron chi connectivity index (χ4n) is 0.993. The molecular weight excluding hydrogens is 190 g/mol. The molecule has 0 aromatic heterocycles. The van der Waals surface area contributed by atoms with Crippen molar-refractivity contribution >= 4 is 11.0 Å². The summed E-state index contributed by atoms with van der Waals surface area (Å²) in [6, 6.07) is 1.91. The average Bonchev–Trinajstić information content (AvgIpc) is 1.95. The van der Waals surface area contributed by atoms with Crippen LogP contribution < -0.4 is 0 Å². The van der Waals surface area contributed by atoms with E-state index < -0.39 is 11.0 Å². The molecule has 1 aliphatic rings. The third kappa shape index (κ3) is 2.02. The van der Waals surface area contributed by atoms with E-state index in [0.717, 1.165) is 5.57 Å². The standard InChI is InChI=1S/C7H13N3O2S/c1-9(2)13(11,12)10-5-7(6-10)3-4-8/h3,11-12H,5-6H2,1-2H3. The van der Waals surface area contributed by atoms with Crippen molar-refractivity contribution in [3.8, 4) is 6.07 Å². The second kappa shape index (κ2) is 3.65. The second-order valence-corrected chi connectivity index (χ2v) is 5.26. The van der Waals surface area contributed by atoms with Crippen LogP contribution in [0.5, 0.6) is 0 Å². The van der Waals surface area contributed by atoms with Crippen molar-refractivity contribution in [1.82, 2.24) is 8.61 Å². The second-order valence-electron chi connectivity index (χ2n) is 3.03. The summed E-state index contributed by atoms with van der Waals surface area (Å²) in [6.07, 6.45) is 1.45. The molecule has 0 aromatic carbocycles. The van der Waals surface area contributed by atoms with Crippen molar-refractivity contribution in [2.45, 2.75) is 0 Å². The SMILES string of the molecule is CN(C)S(O)(O)N1CC(=CC#N)C1. The van der Waals surface area contributed by atoms with E-state index in [4.69, 9.17) is 5.26 Å². The van der Waals surface area contributed by atoms with Crippen LogP contribution in [0.4, 0.5) is 0 Å². The van der Waals surface area contributed by atoms with E-state index in [0.29, 0.717) is 13.1 Å². The number of nitriles is 1. The number of rotatable bonds is 2. The Labute approximate surface area is 79.5 Å². The zero-order chi connectivity index (χ0) is 10.1. The molecule has 1 rings (SSSR count). The van der Waals surface area contributed by atoms with Gasteiger partial charge in [-0.3, -0.25) is 9.11 Å². The predicted molar refractivity (Wildman–Crippen MR) is 51.8 cm³/mol. The first kappa shape index (κ1) is 10.5. The van der Waals surface area contributed by atoms with Gasteiger partial charge in [0.25, 0.3) is 0 Å². The van der Waals surface area contributed by atoms with Gasteiger partial charge in [0.1, 0.15) is 0 Å². The maximum absolute atomic E-state index is 9.58. The quantitative estimate of drug-likeness (QED) is 0.652. The lowest BCUT2D eigenvalue weighted by molar-refractivity contribution is 0.288. The molecule has 0 saturated carbocycles. The molecule has 0 aromatic rings. The fraction of sp³-hybridized carbons (Fsp3) is 0.571. The highest BCUT2D eigenvalue weighted by Gasteiger charge is 2.33. The van der Waals surface area contributed by atoms with Crippen LogP contribution in [0.2, 0.25) is 0 Å². The highest BCUT2D eigenvalue weighted by Crippen LogP contribution is 2.48. The Morgan fingerprint density at radius 2 is 2.08 bits per heavy atom. The molecule has 6 heteroatoms. The maximum Gasteiger partial charge on any atom is 0.0912 e. The smallest absolute Gasteiger partial charge is 0.0912 e. The average molecular weight is 203 g/mol. The molecule has 1 aliphatic heterocycles. The highest BCUT2D eigenvalue weighted by molar-refractivity contribution is 8.20. The van der Waals surface area contributed by atoms with E-state index in [1.807, 2.05) is 6.07 Å². The molecule has 0 amide bonds. The Morgan fingerprint density at radius 3 is 2.46 bits per heavy atom. The van der Waals surface area contributed by atoms with E-state index in [1.165, 1.54) is 14.7 Å². The molecule has 2 N–H and O–H groups in total. The zero-order valence-corrected chi connectivity index (χ0v) is 8.45. The van der Waals surface area contributed by atoms with Gasteiger partial charge in [0.15, 0.2) is 0 Å². The molecular formula is C7H13N3O2S. The highest BCUT2D eigenvalue weighted by atomic mass is 32.3. The van der Waals surface area contributed by atoms with E-state index >= 15 is 0 Å². The Bertz CT molecular complexity index is 261. The summed E-state index contributed by atoms with van der Waals surface area (Å²) in [5.74, 6) is 0. The van der Waals surface area contributed by atoms with Gasteiger partial charge in [0.05, 0.1) is 6.07 Å². The van der Waals surface area contributed by atoms with Crippen molar-refractivity contribution in [2.24, 2.45) is 0 Å². The topological polar surface area (TPSA) is 70.7 Å². The van der Waals surface area contributed by atoms with Gasteiger partial charge in [-0.05, 0) is 5.57 Å². The number of allylic oxidation sites excluding steroid dienone is 1. The van der Waals surface area contributed by atoms with E-state index in [2.05, 4.69) is 0 Å². The minimum Gasteiger partial charge on any atom is -0.272 e. The summed E-state index contributed by atoms with van der Waals surface area (Å²) < 4.78 is 22.1. The van der Waals surface area contributed by atoms with Crippen molar-refractivity contribution < 1.29 is 9.11 Å². The first-order valence-corrected chi connectivity index (χ1v) is 5.23. The first-order valence-electron chi connectivity index (χ1n) is 3.77. The Balaban J connectivity index is 2.53. The molecule has 0 radical (unpaired) electrons. The van der Waals surface area contributed by atoms with E-state index in [-0.39, 0.29) is 0 Å². The lowest BCUT2D eigenvalue weighted by Gasteiger charge is -2.51. The lowest BCUT2D eigenvalue weighted by atomic mass is 10.1. The maximum atomic E-state index is 9.58. The number of hydrogen-bond donors (Lipinski definition) is 2. The van der Waals surface area contributed by atoms with Crippen LogP contribution in [0.25, 0.3) is 0 Å². The zero-order valence-electron chi connectivity index (χ0n) is 7.64. The van der Waals surface area contributed by atoms with Crippen LogP contribution in [0.1, 0.15) is 0 Å². The minimum absolute atomic E-state index is 0.466. The predicted octanol–water partition coefficient (Wildman–Crippen LogP) is 0.894. The van der Waals surface area contributed by atoms with Crippen LogP contribution in [-0.4, -0.2) is 44.9 Å². The van der Waals surface area contributed by atoms with Gasteiger partial charge in [-0.25, -0.2) is 0 Å². The van der Waals surface area contributed by atoms with Crippen LogP contribution in [0.15, 0.2) is 11.6 Å². The van der Waals surface area contributed by atoms with Crippen molar-refractivity contribution in [1.29, 1.82) is 5.26 Å². The molecule has 0 atom stereocenters. The summed E-state index contributed by atoms with van der Waals surface area (Å²) in [6.45, 7) is 0.933. The normalized spacial score (nSPS) is 19.5. The van der Waals surface area contributed by atoms with Crippen molar-refractivity contribution in [3.05, 3.63) is 11.6 Å². The minimum atomic E-state index is -2.77. The summed E-state index contributed by atoms with van der Waals surface area (Å²) in [7, 11) is 0.450. The van der Waals surface area contributed by atoms with Gasteiger partial charge in [0.2, 0.25) is 0 Å². The lowest BCUT2D eigenvalue weighted by Crippen LogP contribution is -2.46. The van der Waals surface area contributed by atoms with Gasteiger partial charge in [-0.2, -0.15) is 13.9 Å².